The number of carbonyl (C=O) groups is 2. The van der Waals surface area contributed by atoms with E-state index < -0.39 is 12.0 Å². The van der Waals surface area contributed by atoms with E-state index in [2.05, 4.69) is 29.7 Å². The van der Waals surface area contributed by atoms with Gasteiger partial charge in [-0.05, 0) is 36.8 Å². The Balaban J connectivity index is 1.84. The van der Waals surface area contributed by atoms with Crippen molar-refractivity contribution in [2.75, 3.05) is 5.75 Å². The Morgan fingerprint density at radius 1 is 1.03 bits per heavy atom. The van der Waals surface area contributed by atoms with Crippen molar-refractivity contribution in [2.24, 2.45) is 5.92 Å². The van der Waals surface area contributed by atoms with Crippen LogP contribution in [0.5, 0.6) is 0 Å². The van der Waals surface area contributed by atoms with Crippen LogP contribution in [0.3, 0.4) is 0 Å². The normalized spacial score (nSPS) is 26.0. The Hall–Kier alpha value is -1.53. The molecule has 6 heteroatoms. The van der Waals surface area contributed by atoms with Crippen molar-refractivity contribution in [3.8, 4) is 0 Å². The first-order valence-electron chi connectivity index (χ1n) is 12.5. The third kappa shape index (κ3) is 4.72. The molecule has 0 radical (unpaired) electrons. The summed E-state index contributed by atoms with van der Waals surface area (Å²) in [4.78, 5) is 30.6. The van der Waals surface area contributed by atoms with Crippen LogP contribution in [0.4, 0.5) is 0 Å². The molecule has 3 atom stereocenters. The lowest BCUT2D eigenvalue weighted by Crippen LogP contribution is -2.61. The Bertz CT molecular complexity index is 786. The highest BCUT2D eigenvalue weighted by Gasteiger charge is 2.47. The maximum atomic E-state index is 13.7. The summed E-state index contributed by atoms with van der Waals surface area (Å²) in [5.74, 6) is -0.879. The van der Waals surface area contributed by atoms with Crippen LogP contribution in [0, 0.1) is 5.92 Å². The van der Waals surface area contributed by atoms with Gasteiger partial charge < -0.3 is 10.0 Å². The first-order valence-corrected chi connectivity index (χ1v) is 13.2. The fraction of sp³-hybridized carbons (Fsp3) is 0.692. The quantitative estimate of drug-likeness (QED) is 0.585. The highest BCUT2D eigenvalue weighted by molar-refractivity contribution is 7.80. The Labute approximate surface area is 198 Å². The second kappa shape index (κ2) is 10.6. The zero-order chi connectivity index (χ0) is 22.7. The molecule has 1 aromatic rings. The van der Waals surface area contributed by atoms with Crippen LogP contribution < -0.4 is 0 Å². The van der Waals surface area contributed by atoms with Gasteiger partial charge in [0.25, 0.3) is 0 Å². The van der Waals surface area contributed by atoms with Crippen molar-refractivity contribution < 1.29 is 14.7 Å². The molecule has 0 saturated heterocycles. The molecule has 5 nitrogen and oxygen atoms in total. The van der Waals surface area contributed by atoms with Crippen LogP contribution in [0.15, 0.2) is 24.3 Å². The van der Waals surface area contributed by atoms with E-state index >= 15 is 0 Å². The molecule has 0 aromatic heterocycles. The molecular weight excluding hydrogens is 420 g/mol. The number of thiol groups is 1. The van der Waals surface area contributed by atoms with Crippen molar-refractivity contribution >= 4 is 24.5 Å². The van der Waals surface area contributed by atoms with E-state index in [9.17, 15) is 14.7 Å². The Morgan fingerprint density at radius 2 is 1.59 bits per heavy atom. The van der Waals surface area contributed by atoms with Gasteiger partial charge in [-0.2, -0.15) is 12.6 Å². The molecule has 1 aromatic carbocycles. The van der Waals surface area contributed by atoms with Crippen LogP contribution in [0.2, 0.25) is 0 Å². The molecule has 1 aliphatic heterocycles. The highest BCUT2D eigenvalue weighted by Crippen LogP contribution is 2.43. The number of fused-ring (bicyclic) bond motifs is 1. The predicted octanol–water partition coefficient (Wildman–Crippen LogP) is 5.06. The van der Waals surface area contributed by atoms with Gasteiger partial charge in [0.15, 0.2) is 0 Å². The largest absolute Gasteiger partial charge is 0.480 e. The van der Waals surface area contributed by atoms with Crippen molar-refractivity contribution in [1.29, 1.82) is 0 Å². The van der Waals surface area contributed by atoms with E-state index in [0.29, 0.717) is 24.3 Å². The number of amides is 1. The lowest BCUT2D eigenvalue weighted by atomic mass is 9.84. The Morgan fingerprint density at radius 3 is 2.12 bits per heavy atom. The van der Waals surface area contributed by atoms with Crippen LogP contribution in [-0.2, 0) is 16.0 Å². The number of rotatable bonds is 6. The van der Waals surface area contributed by atoms with Crippen molar-refractivity contribution in [1.82, 2.24) is 9.80 Å². The number of carboxylic acid groups (broad SMARTS) is 1. The molecule has 4 rings (SSSR count). The highest BCUT2D eigenvalue weighted by atomic mass is 32.1. The number of carboxylic acids is 1. The third-order valence-electron chi connectivity index (χ3n) is 7.86. The lowest BCUT2D eigenvalue weighted by Gasteiger charge is -2.53. The number of aliphatic carboxylic acids is 1. The van der Waals surface area contributed by atoms with Gasteiger partial charge >= 0.3 is 5.97 Å². The summed E-state index contributed by atoms with van der Waals surface area (Å²) in [6.07, 6.45) is 12.0. The summed E-state index contributed by atoms with van der Waals surface area (Å²) in [6.45, 7) is 1.87. The average Bonchev–Trinajstić information content (AvgIpc) is 2.84. The van der Waals surface area contributed by atoms with E-state index in [1.54, 1.807) is 4.90 Å². The van der Waals surface area contributed by atoms with Gasteiger partial charge in [-0.15, -0.1) is 0 Å². The maximum Gasteiger partial charge on any atom is 0.326 e. The summed E-state index contributed by atoms with van der Waals surface area (Å²) in [7, 11) is 0. The van der Waals surface area contributed by atoms with E-state index in [0.717, 1.165) is 36.8 Å². The van der Waals surface area contributed by atoms with Crippen LogP contribution >= 0.6 is 12.6 Å². The molecule has 0 spiro atoms. The molecule has 2 aliphatic carbocycles. The van der Waals surface area contributed by atoms with Crippen LogP contribution in [0.1, 0.15) is 88.4 Å². The van der Waals surface area contributed by atoms with Gasteiger partial charge in [0.2, 0.25) is 5.91 Å². The molecule has 3 aliphatic rings. The topological polar surface area (TPSA) is 60.9 Å². The molecule has 176 valence electrons. The molecular formula is C26H38N2O3S. The van der Waals surface area contributed by atoms with E-state index in [1.165, 1.54) is 38.5 Å². The second-order valence-electron chi connectivity index (χ2n) is 9.99. The number of benzene rings is 1. The maximum absolute atomic E-state index is 13.7. The van der Waals surface area contributed by atoms with Gasteiger partial charge in [0.05, 0.1) is 0 Å². The SMILES string of the molecule is C[C@H](CS)C(=O)N1C(N(C2CCCCC2)C2CCCCC2)c2ccccc2C[C@H]1C(=O)O. The summed E-state index contributed by atoms with van der Waals surface area (Å²) < 4.78 is 0. The average molecular weight is 459 g/mol. The Kier molecular flexibility index (Phi) is 7.83. The molecule has 2 fully saturated rings. The van der Waals surface area contributed by atoms with Crippen LogP contribution in [0.25, 0.3) is 0 Å². The lowest BCUT2D eigenvalue weighted by molar-refractivity contribution is -0.164. The number of nitrogens with zero attached hydrogens (tertiary/aromatic N) is 2. The summed E-state index contributed by atoms with van der Waals surface area (Å²) >= 11 is 4.39. The van der Waals surface area contributed by atoms with Crippen LogP contribution in [-0.4, -0.2) is 50.7 Å². The van der Waals surface area contributed by atoms with Crippen molar-refractivity contribution in [3.05, 3.63) is 35.4 Å². The monoisotopic (exact) mass is 458 g/mol. The second-order valence-corrected chi connectivity index (χ2v) is 10.4. The van der Waals surface area contributed by atoms with Gasteiger partial charge in [0, 0.05) is 30.2 Å². The summed E-state index contributed by atoms with van der Waals surface area (Å²) in [5, 5.41) is 10.2. The molecule has 1 unspecified atom stereocenters. The smallest absolute Gasteiger partial charge is 0.326 e. The first kappa shape index (κ1) is 23.6. The minimum Gasteiger partial charge on any atom is -0.480 e. The zero-order valence-electron chi connectivity index (χ0n) is 19.3. The molecule has 0 bridgehead atoms. The summed E-state index contributed by atoms with van der Waals surface area (Å²) in [6, 6.07) is 8.19. The van der Waals surface area contributed by atoms with Gasteiger partial charge in [-0.1, -0.05) is 69.7 Å². The molecule has 32 heavy (non-hydrogen) atoms. The zero-order valence-corrected chi connectivity index (χ0v) is 20.2. The van der Waals surface area contributed by atoms with Gasteiger partial charge in [0.1, 0.15) is 12.2 Å². The predicted molar refractivity (Wildman–Crippen MR) is 130 cm³/mol. The third-order valence-corrected chi connectivity index (χ3v) is 8.40. The summed E-state index contributed by atoms with van der Waals surface area (Å²) in [5.41, 5.74) is 2.20. The minimum absolute atomic E-state index is 0.0801. The van der Waals surface area contributed by atoms with Gasteiger partial charge in [-0.3, -0.25) is 9.69 Å². The van der Waals surface area contributed by atoms with Crippen molar-refractivity contribution in [2.45, 2.75) is 102 Å². The number of carbonyl (C=O) groups excluding carboxylic acids is 1. The molecule has 1 heterocycles. The fourth-order valence-electron chi connectivity index (χ4n) is 6.17. The number of hydrogen-bond donors (Lipinski definition) is 2. The fourth-order valence-corrected chi connectivity index (χ4v) is 6.33. The molecule has 1 N–H and O–H groups in total. The van der Waals surface area contributed by atoms with Gasteiger partial charge in [-0.25, -0.2) is 4.79 Å². The van der Waals surface area contributed by atoms with E-state index in [4.69, 9.17) is 0 Å². The van der Waals surface area contributed by atoms with Crippen molar-refractivity contribution in [3.63, 3.8) is 0 Å². The molecule has 2 saturated carbocycles. The number of hydrogen-bond acceptors (Lipinski definition) is 4. The van der Waals surface area contributed by atoms with E-state index in [-0.39, 0.29) is 18.0 Å². The first-order chi connectivity index (χ1) is 15.5. The van der Waals surface area contributed by atoms with E-state index in [1.807, 2.05) is 19.1 Å². The standard InChI is InChI=1S/C26H38N2O3S/c1-18(17-32)25(29)28-23(26(30)31)16-19-10-8-9-15-22(19)24(28)27(20-11-4-2-5-12-20)21-13-6-3-7-14-21/h8-10,15,18,20-21,23-24,32H,2-7,11-14,16-17H2,1H3,(H,30,31)/t18-,23+,24?/m1/s1. The minimum atomic E-state index is -0.906. The molecule has 1 amide bonds.